The van der Waals surface area contributed by atoms with Gasteiger partial charge in [-0.05, 0) is 5.92 Å². The maximum atomic E-state index is 4.52. The Balaban J connectivity index is 2.43. The third-order valence-electron chi connectivity index (χ3n) is 1.94. The van der Waals surface area contributed by atoms with Gasteiger partial charge in [0, 0.05) is 11.2 Å². The van der Waals surface area contributed by atoms with Crippen LogP contribution in [0.5, 0.6) is 0 Å². The van der Waals surface area contributed by atoms with Crippen LogP contribution in [0.2, 0.25) is 0 Å². The van der Waals surface area contributed by atoms with Crippen LogP contribution in [0.3, 0.4) is 0 Å². The molecule has 1 aliphatic rings. The zero-order valence-electron chi connectivity index (χ0n) is 7.79. The third-order valence-corrected chi connectivity index (χ3v) is 3.77. The van der Waals surface area contributed by atoms with Crippen molar-refractivity contribution >= 4 is 16.8 Å². The normalized spacial score (nSPS) is 24.9. The van der Waals surface area contributed by atoms with E-state index in [9.17, 15) is 0 Å². The van der Waals surface area contributed by atoms with Crippen LogP contribution in [-0.2, 0) is 0 Å². The topological polar surface area (TPSA) is 12.4 Å². The highest BCUT2D eigenvalue weighted by atomic mass is 32.2. The predicted molar refractivity (Wildman–Crippen MR) is 53.4 cm³/mol. The first-order valence-corrected chi connectivity index (χ1v) is 5.20. The van der Waals surface area contributed by atoms with E-state index in [-0.39, 0.29) is 0 Å². The molecule has 0 bridgehead atoms. The molecule has 0 fully saturated rings. The molecule has 0 aromatic rings. The standard InChI is InChI=1S/C9H17NS/c1-6(2)8-5-10-9(11-8)7(3)4/h6-8H,5H2,1-4H3. The van der Waals surface area contributed by atoms with Crippen LogP contribution in [0.15, 0.2) is 4.99 Å². The first-order chi connectivity index (χ1) is 5.11. The molecular formula is C9H17NS. The molecule has 1 atom stereocenters. The summed E-state index contributed by atoms with van der Waals surface area (Å²) >= 11 is 1.98. The summed E-state index contributed by atoms with van der Waals surface area (Å²) in [5, 5.41) is 2.09. The van der Waals surface area contributed by atoms with Crippen LogP contribution < -0.4 is 0 Å². The summed E-state index contributed by atoms with van der Waals surface area (Å²) in [5.74, 6) is 1.39. The van der Waals surface area contributed by atoms with Gasteiger partial charge in [-0.1, -0.05) is 27.7 Å². The average molecular weight is 171 g/mol. The molecule has 0 aromatic heterocycles. The van der Waals surface area contributed by atoms with Gasteiger partial charge >= 0.3 is 0 Å². The molecule has 0 N–H and O–H groups in total. The van der Waals surface area contributed by atoms with Gasteiger partial charge in [0.25, 0.3) is 0 Å². The average Bonchev–Trinajstić information content (AvgIpc) is 2.33. The van der Waals surface area contributed by atoms with E-state index in [1.165, 1.54) is 5.04 Å². The van der Waals surface area contributed by atoms with E-state index < -0.39 is 0 Å². The first-order valence-electron chi connectivity index (χ1n) is 4.32. The maximum Gasteiger partial charge on any atom is 0.0705 e. The lowest BCUT2D eigenvalue weighted by Crippen LogP contribution is -2.12. The van der Waals surface area contributed by atoms with Crippen LogP contribution in [-0.4, -0.2) is 16.8 Å². The van der Waals surface area contributed by atoms with E-state index >= 15 is 0 Å². The van der Waals surface area contributed by atoms with Gasteiger partial charge < -0.3 is 0 Å². The Hall–Kier alpha value is 0.0200. The Kier molecular flexibility index (Phi) is 2.99. The highest BCUT2D eigenvalue weighted by molar-refractivity contribution is 8.14. The van der Waals surface area contributed by atoms with Gasteiger partial charge in [-0.15, -0.1) is 11.8 Å². The Bertz CT molecular complexity index is 161. The summed E-state index contributed by atoms with van der Waals surface area (Å²) in [5.41, 5.74) is 0. The van der Waals surface area contributed by atoms with Crippen LogP contribution >= 0.6 is 11.8 Å². The summed E-state index contributed by atoms with van der Waals surface area (Å²) < 4.78 is 0. The van der Waals surface area contributed by atoms with Gasteiger partial charge in [-0.2, -0.15) is 0 Å². The molecule has 1 rings (SSSR count). The highest BCUT2D eigenvalue weighted by Gasteiger charge is 2.23. The molecule has 0 radical (unpaired) electrons. The molecule has 64 valence electrons. The molecule has 0 saturated heterocycles. The fraction of sp³-hybridized carbons (Fsp3) is 0.889. The van der Waals surface area contributed by atoms with Crippen molar-refractivity contribution < 1.29 is 0 Å². The fourth-order valence-corrected chi connectivity index (χ4v) is 2.23. The lowest BCUT2D eigenvalue weighted by Gasteiger charge is -2.12. The first kappa shape index (κ1) is 9.11. The summed E-state index contributed by atoms with van der Waals surface area (Å²) in [4.78, 5) is 4.52. The maximum absolute atomic E-state index is 4.52. The summed E-state index contributed by atoms with van der Waals surface area (Å²) in [7, 11) is 0. The summed E-state index contributed by atoms with van der Waals surface area (Å²) in [6.45, 7) is 10.0. The Labute approximate surface area is 73.7 Å². The van der Waals surface area contributed by atoms with Crippen molar-refractivity contribution in [2.75, 3.05) is 6.54 Å². The largest absolute Gasteiger partial charge is 0.281 e. The lowest BCUT2D eigenvalue weighted by molar-refractivity contribution is 0.621. The van der Waals surface area contributed by atoms with E-state index in [0.717, 1.165) is 17.7 Å². The number of aliphatic imine (C=N–C) groups is 1. The second-order valence-corrected chi connectivity index (χ2v) is 4.99. The molecule has 11 heavy (non-hydrogen) atoms. The molecule has 1 unspecified atom stereocenters. The van der Waals surface area contributed by atoms with E-state index in [0.29, 0.717) is 5.92 Å². The van der Waals surface area contributed by atoms with Crippen molar-refractivity contribution in [1.29, 1.82) is 0 Å². The van der Waals surface area contributed by atoms with Crippen molar-refractivity contribution in [3.63, 3.8) is 0 Å². The van der Waals surface area contributed by atoms with E-state index in [2.05, 4.69) is 32.7 Å². The van der Waals surface area contributed by atoms with E-state index in [1.54, 1.807) is 0 Å². The highest BCUT2D eigenvalue weighted by Crippen LogP contribution is 2.29. The van der Waals surface area contributed by atoms with Gasteiger partial charge in [-0.25, -0.2) is 0 Å². The number of rotatable bonds is 2. The van der Waals surface area contributed by atoms with Crippen molar-refractivity contribution in [2.24, 2.45) is 16.8 Å². The quantitative estimate of drug-likeness (QED) is 0.622. The number of nitrogens with zero attached hydrogens (tertiary/aromatic N) is 1. The second kappa shape index (κ2) is 3.61. The molecule has 1 heterocycles. The smallest absolute Gasteiger partial charge is 0.0705 e. The monoisotopic (exact) mass is 171 g/mol. The SMILES string of the molecule is CC(C)C1=NCC(C(C)C)S1. The molecule has 0 amide bonds. The molecule has 0 saturated carbocycles. The van der Waals surface area contributed by atoms with E-state index in [1.807, 2.05) is 11.8 Å². The molecule has 1 nitrogen and oxygen atoms in total. The van der Waals surface area contributed by atoms with Gasteiger partial charge in [0.05, 0.1) is 11.6 Å². The Morgan fingerprint density at radius 3 is 2.27 bits per heavy atom. The number of hydrogen-bond acceptors (Lipinski definition) is 2. The van der Waals surface area contributed by atoms with Crippen LogP contribution in [0, 0.1) is 11.8 Å². The van der Waals surface area contributed by atoms with Crippen molar-refractivity contribution in [3.05, 3.63) is 0 Å². The van der Waals surface area contributed by atoms with Gasteiger partial charge in [0.1, 0.15) is 0 Å². The minimum Gasteiger partial charge on any atom is -0.281 e. The summed E-state index contributed by atoms with van der Waals surface area (Å²) in [6.07, 6.45) is 0. The number of hydrogen-bond donors (Lipinski definition) is 0. The Morgan fingerprint density at radius 2 is 2.00 bits per heavy atom. The van der Waals surface area contributed by atoms with Crippen molar-refractivity contribution in [1.82, 2.24) is 0 Å². The second-order valence-electron chi connectivity index (χ2n) is 3.73. The zero-order chi connectivity index (χ0) is 8.43. The molecular weight excluding hydrogens is 154 g/mol. The van der Waals surface area contributed by atoms with Gasteiger partial charge in [0.15, 0.2) is 0 Å². The predicted octanol–water partition coefficient (Wildman–Crippen LogP) is 2.81. The van der Waals surface area contributed by atoms with Crippen LogP contribution in [0.25, 0.3) is 0 Å². The van der Waals surface area contributed by atoms with Crippen molar-refractivity contribution in [2.45, 2.75) is 32.9 Å². The van der Waals surface area contributed by atoms with Crippen molar-refractivity contribution in [3.8, 4) is 0 Å². The molecule has 2 heteroatoms. The Morgan fingerprint density at radius 1 is 1.36 bits per heavy atom. The molecule has 1 aliphatic heterocycles. The van der Waals surface area contributed by atoms with Crippen LogP contribution in [0.4, 0.5) is 0 Å². The minimum absolute atomic E-state index is 0.628. The molecule has 0 aromatic carbocycles. The molecule has 0 aliphatic carbocycles. The van der Waals surface area contributed by atoms with Crippen LogP contribution in [0.1, 0.15) is 27.7 Å². The number of thioether (sulfide) groups is 1. The summed E-state index contributed by atoms with van der Waals surface area (Å²) in [6, 6.07) is 0. The van der Waals surface area contributed by atoms with Gasteiger partial charge in [-0.3, -0.25) is 4.99 Å². The molecule has 0 spiro atoms. The van der Waals surface area contributed by atoms with Gasteiger partial charge in [0.2, 0.25) is 0 Å². The fourth-order valence-electron chi connectivity index (χ4n) is 1.08. The van der Waals surface area contributed by atoms with E-state index in [4.69, 9.17) is 0 Å². The lowest BCUT2D eigenvalue weighted by atomic mass is 10.1. The zero-order valence-corrected chi connectivity index (χ0v) is 8.61. The minimum atomic E-state index is 0.628. The third kappa shape index (κ3) is 2.22.